The van der Waals surface area contributed by atoms with Crippen LogP contribution in [0.4, 0.5) is 0 Å². The standard InChI is InChI=1S/C21H31N3O5S/c1-12-4-2-7-16(25)19-15(24-14-6-3-5-13(22)10-14)11-18(30(27,28)29)21(23)20(19)17(26)9-8-12/h2,4,11,13-14,18-21,24H,1,3,5-10,22-23H2,(H,27,28,29)/b4-2-. The summed E-state index contributed by atoms with van der Waals surface area (Å²) in [5.74, 6) is -2.42. The lowest BCUT2D eigenvalue weighted by atomic mass is 9.71. The van der Waals surface area contributed by atoms with Crippen LogP contribution in [0.15, 0.2) is 36.1 Å². The van der Waals surface area contributed by atoms with Crippen molar-refractivity contribution in [2.24, 2.45) is 23.3 Å². The quantitative estimate of drug-likeness (QED) is 0.477. The molecule has 0 bridgehead atoms. The van der Waals surface area contributed by atoms with Gasteiger partial charge in [0.2, 0.25) is 0 Å². The van der Waals surface area contributed by atoms with Crippen molar-refractivity contribution >= 4 is 21.7 Å². The molecule has 6 N–H and O–H groups in total. The lowest BCUT2D eigenvalue weighted by Gasteiger charge is -2.40. The number of allylic oxidation sites excluding steroid dienone is 4. The van der Waals surface area contributed by atoms with Crippen molar-refractivity contribution in [3.8, 4) is 0 Å². The van der Waals surface area contributed by atoms with Crippen molar-refractivity contribution in [2.75, 3.05) is 0 Å². The highest BCUT2D eigenvalue weighted by molar-refractivity contribution is 7.86. The van der Waals surface area contributed by atoms with Crippen LogP contribution in [0.2, 0.25) is 0 Å². The summed E-state index contributed by atoms with van der Waals surface area (Å²) >= 11 is 0. The van der Waals surface area contributed by atoms with Crippen LogP contribution in [-0.4, -0.2) is 47.9 Å². The van der Waals surface area contributed by atoms with E-state index in [0.29, 0.717) is 18.5 Å². The summed E-state index contributed by atoms with van der Waals surface area (Å²) in [7, 11) is -4.56. The Kier molecular flexibility index (Phi) is 6.96. The maximum atomic E-state index is 13.1. The van der Waals surface area contributed by atoms with E-state index in [2.05, 4.69) is 11.9 Å². The van der Waals surface area contributed by atoms with Gasteiger partial charge in [-0.15, -0.1) is 0 Å². The molecule has 166 valence electrons. The average Bonchev–Trinajstić information content (AvgIpc) is 2.65. The van der Waals surface area contributed by atoms with Crippen molar-refractivity contribution in [1.82, 2.24) is 5.32 Å². The minimum Gasteiger partial charge on any atom is -0.385 e. The fraction of sp³-hybridized carbons (Fsp3) is 0.619. The van der Waals surface area contributed by atoms with Crippen LogP contribution in [0.5, 0.6) is 0 Å². The van der Waals surface area contributed by atoms with Crippen molar-refractivity contribution in [3.63, 3.8) is 0 Å². The molecule has 3 rings (SSSR count). The Morgan fingerprint density at radius 3 is 2.53 bits per heavy atom. The SMILES string of the molecule is C=C1/C=C\CC(=O)C2C(NC3CCCC(N)C3)=CC(S(=O)(=O)O)C(N)C2C(=O)CC1. The average molecular weight is 438 g/mol. The molecule has 0 heterocycles. The van der Waals surface area contributed by atoms with Gasteiger partial charge in [0.15, 0.2) is 0 Å². The molecule has 30 heavy (non-hydrogen) atoms. The fourth-order valence-corrected chi connectivity index (χ4v) is 5.69. The van der Waals surface area contributed by atoms with Crippen molar-refractivity contribution < 1.29 is 22.6 Å². The summed E-state index contributed by atoms with van der Waals surface area (Å²) in [6, 6.07) is -1.23. The Bertz CT molecular complexity index is 879. The molecule has 0 spiro atoms. The van der Waals surface area contributed by atoms with E-state index in [1.54, 1.807) is 12.2 Å². The predicted octanol–water partition coefficient (Wildman–Crippen LogP) is 0.994. The summed E-state index contributed by atoms with van der Waals surface area (Å²) in [5, 5.41) is 1.83. The summed E-state index contributed by atoms with van der Waals surface area (Å²) in [4.78, 5) is 26.2. The molecule has 6 unspecified atom stereocenters. The van der Waals surface area contributed by atoms with E-state index in [1.165, 1.54) is 6.08 Å². The highest BCUT2D eigenvalue weighted by Crippen LogP contribution is 2.36. The molecular formula is C21H31N3O5S. The molecule has 9 heteroatoms. The smallest absolute Gasteiger partial charge is 0.273 e. The van der Waals surface area contributed by atoms with Gasteiger partial charge in [0.05, 0.1) is 5.92 Å². The monoisotopic (exact) mass is 437 g/mol. The zero-order valence-corrected chi connectivity index (χ0v) is 17.8. The Balaban J connectivity index is 2.03. The van der Waals surface area contributed by atoms with Gasteiger partial charge in [0, 0.05) is 42.6 Å². The van der Waals surface area contributed by atoms with E-state index in [0.717, 1.165) is 24.8 Å². The largest absolute Gasteiger partial charge is 0.385 e. The molecule has 0 amide bonds. The number of ketones is 2. The number of hydrogen-bond donors (Lipinski definition) is 4. The normalized spacial score (nSPS) is 37.2. The van der Waals surface area contributed by atoms with Crippen LogP contribution in [0.25, 0.3) is 0 Å². The first kappa shape index (κ1) is 22.9. The zero-order chi connectivity index (χ0) is 22.1. The molecule has 0 aromatic heterocycles. The minimum atomic E-state index is -4.56. The lowest BCUT2D eigenvalue weighted by Crippen LogP contribution is -2.57. The fourth-order valence-electron chi connectivity index (χ4n) is 4.81. The van der Waals surface area contributed by atoms with E-state index in [9.17, 15) is 22.6 Å². The zero-order valence-electron chi connectivity index (χ0n) is 17.0. The molecule has 3 aliphatic carbocycles. The molecule has 1 saturated carbocycles. The Morgan fingerprint density at radius 1 is 1.13 bits per heavy atom. The molecule has 0 aromatic carbocycles. The second-order valence-corrected chi connectivity index (χ2v) is 10.2. The molecule has 8 nitrogen and oxygen atoms in total. The summed E-state index contributed by atoms with van der Waals surface area (Å²) in [6.45, 7) is 3.87. The number of hydrogen-bond acceptors (Lipinski definition) is 7. The van der Waals surface area contributed by atoms with Crippen LogP contribution in [0.3, 0.4) is 0 Å². The minimum absolute atomic E-state index is 0.0196. The van der Waals surface area contributed by atoms with Gasteiger partial charge in [-0.05, 0) is 38.2 Å². The highest BCUT2D eigenvalue weighted by Gasteiger charge is 2.49. The van der Waals surface area contributed by atoms with E-state index in [4.69, 9.17) is 11.5 Å². The van der Waals surface area contributed by atoms with Gasteiger partial charge in [-0.3, -0.25) is 14.1 Å². The first-order valence-electron chi connectivity index (χ1n) is 10.4. The molecule has 1 fully saturated rings. The van der Waals surface area contributed by atoms with E-state index < -0.39 is 33.2 Å². The number of nitrogens with two attached hydrogens (primary N) is 2. The van der Waals surface area contributed by atoms with Gasteiger partial charge in [-0.25, -0.2) is 0 Å². The third kappa shape index (κ3) is 5.08. The molecule has 0 radical (unpaired) electrons. The predicted molar refractivity (Wildman–Crippen MR) is 114 cm³/mol. The van der Waals surface area contributed by atoms with Gasteiger partial charge < -0.3 is 16.8 Å². The molecule has 3 aliphatic rings. The molecule has 0 aliphatic heterocycles. The van der Waals surface area contributed by atoms with Crippen LogP contribution in [0, 0.1) is 11.8 Å². The summed E-state index contributed by atoms with van der Waals surface area (Å²) in [5.41, 5.74) is 13.3. The van der Waals surface area contributed by atoms with E-state index >= 15 is 0 Å². The number of carbonyl (C=O) groups is 2. The van der Waals surface area contributed by atoms with Crippen molar-refractivity contribution in [1.29, 1.82) is 0 Å². The van der Waals surface area contributed by atoms with Gasteiger partial charge in [-0.1, -0.05) is 24.3 Å². The topological polar surface area (TPSA) is 153 Å². The van der Waals surface area contributed by atoms with Crippen LogP contribution in [-0.2, 0) is 19.7 Å². The van der Waals surface area contributed by atoms with E-state index in [1.807, 2.05) is 0 Å². The van der Waals surface area contributed by atoms with E-state index in [-0.39, 0.29) is 36.5 Å². The van der Waals surface area contributed by atoms with Gasteiger partial charge >= 0.3 is 0 Å². The number of nitrogens with one attached hydrogen (secondary N) is 1. The summed E-state index contributed by atoms with van der Waals surface area (Å²) in [6.07, 6.45) is 8.70. The first-order valence-corrected chi connectivity index (χ1v) is 11.9. The Hall–Kier alpha value is -1.81. The van der Waals surface area contributed by atoms with Crippen LogP contribution < -0.4 is 16.8 Å². The molecule has 0 aromatic rings. The number of rotatable bonds is 3. The number of fused-ring (bicyclic) bond motifs is 1. The summed E-state index contributed by atoms with van der Waals surface area (Å²) < 4.78 is 33.8. The van der Waals surface area contributed by atoms with Crippen LogP contribution >= 0.6 is 0 Å². The van der Waals surface area contributed by atoms with Crippen LogP contribution in [0.1, 0.15) is 44.9 Å². The lowest BCUT2D eigenvalue weighted by molar-refractivity contribution is -0.132. The Morgan fingerprint density at radius 2 is 1.87 bits per heavy atom. The van der Waals surface area contributed by atoms with Gasteiger partial charge in [0.1, 0.15) is 16.8 Å². The number of Topliss-reactive ketones (excluding diaryl/α,β-unsaturated/α-hetero) is 2. The molecular weight excluding hydrogens is 406 g/mol. The van der Waals surface area contributed by atoms with Gasteiger partial charge in [0.25, 0.3) is 10.1 Å². The van der Waals surface area contributed by atoms with Crippen molar-refractivity contribution in [3.05, 3.63) is 36.1 Å². The Labute approximate surface area is 177 Å². The van der Waals surface area contributed by atoms with Crippen molar-refractivity contribution in [2.45, 2.75) is 68.3 Å². The second kappa shape index (κ2) is 9.13. The first-order chi connectivity index (χ1) is 14.1. The maximum Gasteiger partial charge on any atom is 0.273 e. The highest BCUT2D eigenvalue weighted by atomic mass is 32.2. The molecule has 0 saturated heterocycles. The molecule has 6 atom stereocenters. The number of carbonyl (C=O) groups excluding carboxylic acids is 2. The third-order valence-electron chi connectivity index (χ3n) is 6.35. The third-order valence-corrected chi connectivity index (χ3v) is 7.48. The maximum absolute atomic E-state index is 13.1. The van der Waals surface area contributed by atoms with Gasteiger partial charge in [-0.2, -0.15) is 8.42 Å². The second-order valence-electron chi connectivity index (χ2n) is 8.65.